The Balaban J connectivity index is 1.47. The average Bonchev–Trinajstić information content (AvgIpc) is 2.82. The Hall–Kier alpha value is -2.61. The number of ether oxygens (including phenoxy) is 2. The molecule has 8 heteroatoms. The van der Waals surface area contributed by atoms with Gasteiger partial charge in [0, 0.05) is 36.7 Å². The van der Waals surface area contributed by atoms with Crippen LogP contribution in [0.4, 0.5) is 9.18 Å². The van der Waals surface area contributed by atoms with Crippen LogP contribution < -0.4 is 10.1 Å². The molecule has 1 aliphatic heterocycles. The van der Waals surface area contributed by atoms with E-state index in [-0.39, 0.29) is 36.4 Å². The number of amides is 2. The lowest BCUT2D eigenvalue weighted by atomic mass is 9.86. The van der Waals surface area contributed by atoms with Crippen molar-refractivity contribution in [1.29, 1.82) is 0 Å². The summed E-state index contributed by atoms with van der Waals surface area (Å²) in [6.45, 7) is 8.97. The molecule has 0 aromatic heterocycles. The van der Waals surface area contributed by atoms with Crippen molar-refractivity contribution in [1.82, 2.24) is 10.2 Å². The summed E-state index contributed by atoms with van der Waals surface area (Å²) >= 11 is 0. The lowest BCUT2D eigenvalue weighted by Gasteiger charge is -2.33. The van der Waals surface area contributed by atoms with Crippen LogP contribution in [0.1, 0.15) is 65.4 Å². The zero-order valence-electron chi connectivity index (χ0n) is 21.3. The monoisotopic (exact) mass is 490 g/mol. The molecular weight excluding hydrogens is 451 g/mol. The van der Waals surface area contributed by atoms with Gasteiger partial charge in [-0.3, -0.25) is 4.79 Å². The van der Waals surface area contributed by atoms with E-state index < -0.39 is 5.60 Å². The number of halogens is 1. The van der Waals surface area contributed by atoms with Gasteiger partial charge in [0.15, 0.2) is 0 Å². The summed E-state index contributed by atoms with van der Waals surface area (Å²) in [5, 5.41) is 11.9. The number of aliphatic hydroxyl groups excluding tert-OH is 1. The maximum atomic E-state index is 14.9. The van der Waals surface area contributed by atoms with Gasteiger partial charge >= 0.3 is 6.09 Å². The lowest BCUT2D eigenvalue weighted by molar-refractivity contribution is -0.126. The molecule has 7 nitrogen and oxygen atoms in total. The fourth-order valence-corrected chi connectivity index (χ4v) is 4.39. The molecule has 3 rings (SSSR count). The molecule has 0 bridgehead atoms. The van der Waals surface area contributed by atoms with E-state index in [2.05, 4.69) is 5.32 Å². The van der Waals surface area contributed by atoms with Crippen molar-refractivity contribution in [3.63, 3.8) is 0 Å². The molecule has 1 saturated heterocycles. The minimum Gasteiger partial charge on any atom is -0.493 e. The van der Waals surface area contributed by atoms with Crippen molar-refractivity contribution in [2.24, 2.45) is 11.8 Å². The zero-order valence-corrected chi connectivity index (χ0v) is 21.3. The maximum Gasteiger partial charge on any atom is 0.410 e. The van der Waals surface area contributed by atoms with Crippen molar-refractivity contribution in [3.8, 4) is 5.75 Å². The predicted molar refractivity (Wildman–Crippen MR) is 132 cm³/mol. The Morgan fingerprint density at radius 1 is 1.23 bits per heavy atom. The Bertz CT molecular complexity index is 919. The number of nitrogens with zero attached hydrogens (tertiary/aromatic N) is 1. The second-order valence-electron chi connectivity index (χ2n) is 10.7. The molecule has 0 radical (unpaired) electrons. The summed E-state index contributed by atoms with van der Waals surface area (Å²) < 4.78 is 26.2. The Kier molecular flexibility index (Phi) is 9.16. The lowest BCUT2D eigenvalue weighted by Crippen LogP contribution is -2.42. The SMILES string of the molecule is C[C@@H](CO)NC(=O)C1CC=C(c2ccc(OCC3CCN(C(=O)OC(C)(C)C)CC3)cc2F)CC1. The van der Waals surface area contributed by atoms with Gasteiger partial charge in [0.05, 0.1) is 13.2 Å². The molecule has 35 heavy (non-hydrogen) atoms. The van der Waals surface area contributed by atoms with Crippen LogP contribution in [-0.2, 0) is 9.53 Å². The molecule has 2 N–H and O–H groups in total. The molecule has 0 spiro atoms. The Morgan fingerprint density at radius 3 is 2.51 bits per heavy atom. The highest BCUT2D eigenvalue weighted by Gasteiger charge is 2.27. The van der Waals surface area contributed by atoms with Crippen molar-refractivity contribution in [2.75, 3.05) is 26.3 Å². The van der Waals surface area contributed by atoms with Crippen LogP contribution in [0.5, 0.6) is 5.75 Å². The van der Waals surface area contributed by atoms with Gasteiger partial charge in [-0.05, 0) is 83.4 Å². The highest BCUT2D eigenvalue weighted by atomic mass is 19.1. The normalized spacial score (nSPS) is 20.1. The third-order valence-corrected chi connectivity index (χ3v) is 6.48. The van der Waals surface area contributed by atoms with Gasteiger partial charge in [0.1, 0.15) is 17.2 Å². The number of piperidine rings is 1. The molecule has 194 valence electrons. The number of carbonyl (C=O) groups is 2. The molecule has 2 aliphatic rings. The zero-order chi connectivity index (χ0) is 25.6. The van der Waals surface area contributed by atoms with E-state index in [0.717, 1.165) is 18.4 Å². The standard InChI is InChI=1S/C27H39FN2O5/c1-18(16-31)29-25(32)21-7-5-20(6-8-21)23-10-9-22(15-24(23)28)34-17-19-11-13-30(14-12-19)26(33)35-27(2,3)4/h5,9-10,15,18-19,21,31H,6-8,11-14,16-17H2,1-4H3,(H,29,32)/t18-,21?/m0/s1. The molecule has 1 heterocycles. The van der Waals surface area contributed by atoms with Gasteiger partial charge in [-0.15, -0.1) is 0 Å². The molecule has 2 atom stereocenters. The van der Waals surface area contributed by atoms with Crippen molar-refractivity contribution >= 4 is 17.6 Å². The van der Waals surface area contributed by atoms with Crippen LogP contribution in [0.15, 0.2) is 24.3 Å². The number of likely N-dealkylation sites (tertiary alicyclic amines) is 1. The minimum atomic E-state index is -0.504. The van der Waals surface area contributed by atoms with E-state index in [1.165, 1.54) is 6.07 Å². The van der Waals surface area contributed by atoms with Gasteiger partial charge in [0.25, 0.3) is 0 Å². The molecule has 1 aliphatic carbocycles. The van der Waals surface area contributed by atoms with Crippen LogP contribution in [0.25, 0.3) is 5.57 Å². The molecule has 1 unspecified atom stereocenters. The van der Waals surface area contributed by atoms with Gasteiger partial charge in [0.2, 0.25) is 5.91 Å². The van der Waals surface area contributed by atoms with Crippen LogP contribution in [0.3, 0.4) is 0 Å². The minimum absolute atomic E-state index is 0.0667. The van der Waals surface area contributed by atoms with Crippen molar-refractivity contribution in [3.05, 3.63) is 35.7 Å². The number of allylic oxidation sites excluding steroid dienone is 2. The fraction of sp³-hybridized carbons (Fsp3) is 0.630. The van der Waals surface area contributed by atoms with Crippen LogP contribution in [-0.4, -0.2) is 60.0 Å². The summed E-state index contributed by atoms with van der Waals surface area (Å²) in [6, 6.07) is 4.69. The molecule has 1 aromatic carbocycles. The average molecular weight is 491 g/mol. The van der Waals surface area contributed by atoms with E-state index in [4.69, 9.17) is 14.6 Å². The van der Waals surface area contributed by atoms with E-state index in [9.17, 15) is 14.0 Å². The maximum absolute atomic E-state index is 14.9. The first-order valence-electron chi connectivity index (χ1n) is 12.6. The number of carbonyl (C=O) groups excluding carboxylic acids is 2. The summed E-state index contributed by atoms with van der Waals surface area (Å²) in [7, 11) is 0. The van der Waals surface area contributed by atoms with Gasteiger partial charge in [-0.2, -0.15) is 0 Å². The highest BCUT2D eigenvalue weighted by Crippen LogP contribution is 2.33. The second-order valence-corrected chi connectivity index (χ2v) is 10.7. The molecule has 0 saturated carbocycles. The number of hydrogen-bond acceptors (Lipinski definition) is 5. The molecular formula is C27H39FN2O5. The smallest absolute Gasteiger partial charge is 0.410 e. The molecule has 2 amide bonds. The third kappa shape index (κ3) is 7.95. The number of benzene rings is 1. The summed E-state index contributed by atoms with van der Waals surface area (Å²) in [5.74, 6) is 0.245. The van der Waals surface area contributed by atoms with E-state index in [1.807, 2.05) is 26.8 Å². The summed E-state index contributed by atoms with van der Waals surface area (Å²) in [6.07, 6.45) is 5.12. The summed E-state index contributed by atoms with van der Waals surface area (Å²) in [4.78, 5) is 26.2. The first-order valence-corrected chi connectivity index (χ1v) is 12.6. The fourth-order valence-electron chi connectivity index (χ4n) is 4.39. The van der Waals surface area contributed by atoms with Crippen LogP contribution in [0.2, 0.25) is 0 Å². The topological polar surface area (TPSA) is 88.1 Å². The van der Waals surface area contributed by atoms with Gasteiger partial charge < -0.3 is 24.8 Å². The Morgan fingerprint density at radius 2 is 1.94 bits per heavy atom. The largest absolute Gasteiger partial charge is 0.493 e. The number of aliphatic hydroxyl groups is 1. The Labute approximate surface area is 207 Å². The van der Waals surface area contributed by atoms with E-state index in [0.29, 0.717) is 56.2 Å². The van der Waals surface area contributed by atoms with Gasteiger partial charge in [-0.1, -0.05) is 6.08 Å². The van der Waals surface area contributed by atoms with Crippen molar-refractivity contribution in [2.45, 2.75) is 71.4 Å². The molecule has 1 aromatic rings. The predicted octanol–water partition coefficient (Wildman–Crippen LogP) is 4.53. The van der Waals surface area contributed by atoms with Crippen LogP contribution in [0, 0.1) is 17.7 Å². The number of rotatable bonds is 7. The molecule has 1 fully saturated rings. The van der Waals surface area contributed by atoms with Crippen LogP contribution >= 0.6 is 0 Å². The number of hydrogen-bond donors (Lipinski definition) is 2. The second kappa shape index (κ2) is 11.9. The quantitative estimate of drug-likeness (QED) is 0.586. The first kappa shape index (κ1) is 27.0. The third-order valence-electron chi connectivity index (χ3n) is 6.48. The van der Waals surface area contributed by atoms with Crippen molar-refractivity contribution < 1.29 is 28.6 Å². The highest BCUT2D eigenvalue weighted by molar-refractivity contribution is 5.81. The summed E-state index contributed by atoms with van der Waals surface area (Å²) in [5.41, 5.74) is 0.949. The van der Waals surface area contributed by atoms with E-state index in [1.54, 1.807) is 24.0 Å². The van der Waals surface area contributed by atoms with Gasteiger partial charge in [-0.25, -0.2) is 9.18 Å². The van der Waals surface area contributed by atoms with E-state index >= 15 is 0 Å². The first-order chi connectivity index (χ1) is 16.6. The number of nitrogens with one attached hydrogen (secondary N) is 1.